The van der Waals surface area contributed by atoms with Gasteiger partial charge in [-0.15, -0.1) is 0 Å². The molecule has 2 aliphatic heterocycles. The highest BCUT2D eigenvalue weighted by molar-refractivity contribution is 7.91. The molecule has 9 aromatic rings. The lowest BCUT2D eigenvalue weighted by Gasteiger charge is -2.37. The van der Waals surface area contributed by atoms with E-state index in [4.69, 9.17) is 52.6 Å². The molecule has 0 aliphatic carbocycles. The number of carboxylic acid groups (broad SMARTS) is 1. The van der Waals surface area contributed by atoms with E-state index in [9.17, 15) is 51.7 Å². The quantitative estimate of drug-likeness (QED) is 0.0141. The minimum Gasteiger partial charge on any atom is -0.497 e. The highest BCUT2D eigenvalue weighted by Crippen LogP contribution is 2.43. The number of aryl methyl sites for hydroxylation is 1. The number of ketones is 1. The molecule has 0 radical (unpaired) electrons. The van der Waals surface area contributed by atoms with Gasteiger partial charge in [0.05, 0.1) is 101 Å². The molecule has 5 atom stereocenters. The molecule has 6 heterocycles. The van der Waals surface area contributed by atoms with Crippen LogP contribution in [-0.2, 0) is 69.0 Å². The van der Waals surface area contributed by atoms with Crippen molar-refractivity contribution in [2.45, 2.75) is 107 Å². The van der Waals surface area contributed by atoms with Crippen LogP contribution in [0.5, 0.6) is 17.2 Å². The summed E-state index contributed by atoms with van der Waals surface area (Å²) in [5.74, 6) is -0.551. The first-order valence-corrected chi connectivity index (χ1v) is 35.9. The number of para-hydroxylation sites is 1. The van der Waals surface area contributed by atoms with Gasteiger partial charge in [-0.05, 0) is 116 Å². The van der Waals surface area contributed by atoms with E-state index in [2.05, 4.69) is 42.7 Å². The second-order valence-electron chi connectivity index (χ2n) is 24.0. The van der Waals surface area contributed by atoms with E-state index in [0.717, 1.165) is 28.2 Å². The molecule has 0 spiro atoms. The monoisotopic (exact) mass is 1480 g/mol. The standard InChI is InChI=1S/C36H39N8O12PS.C31H32N2O6.C5H8O3/c1-52-24-7-10-26(11-8-24)58(50,51)18-17-53-36(48)43-20-23(27-5-2-3-6-28(27)43)19-30(46)38-15-13-29(45)40-35-41-33-32(34(47)42-35)39-22-44(33)31-12-9-25(56-31)21-55-57(49)54-16-4-14-37;1-21-19-33(30(35)32-29(21)34)28-18-17-27(39-28)20-38-31(22-7-5-4-6-8-22,23-9-13-25(36-2)14-10-23)24-11-15-26(37-3)16-12-24;1-4(6)2-3-5(7)8/h2-3,5-8,10-11,20,22,25,31,49H,4,9,12-13,15-19,21H2,1H3,(H,38,46)(H2,40,41,42,45,47);4-16,19,27-28H,17-18,20H2,1-3H3,(H,32,34,35);2-3H2,1H3,(H,7,8)/t25-,31+,57?;;/m0../s1. The van der Waals surface area contributed by atoms with E-state index in [1.807, 2.05) is 72.8 Å². The topological polar surface area (TPSA) is 414 Å². The van der Waals surface area contributed by atoms with Crippen LogP contribution in [0.15, 0.2) is 165 Å². The average molecular weight is 1480 g/mol. The molecule has 6 N–H and O–H groups in total. The number of carboxylic acids is 1. The average Bonchev–Trinajstić information content (AvgIpc) is 1.52. The fraction of sp³-hybridized carbons (Fsp3) is 0.347. The van der Waals surface area contributed by atoms with E-state index in [1.54, 1.807) is 56.2 Å². The van der Waals surface area contributed by atoms with E-state index in [-0.39, 0.29) is 104 Å². The van der Waals surface area contributed by atoms with Gasteiger partial charge in [0.15, 0.2) is 21.0 Å². The summed E-state index contributed by atoms with van der Waals surface area (Å²) < 4.78 is 80.4. The molecule has 105 heavy (non-hydrogen) atoms. The second-order valence-corrected chi connectivity index (χ2v) is 27.1. The van der Waals surface area contributed by atoms with Gasteiger partial charge in [0.2, 0.25) is 17.8 Å². The maximum atomic E-state index is 13.0. The van der Waals surface area contributed by atoms with Gasteiger partial charge in [-0.1, -0.05) is 72.8 Å². The number of imidazole rings is 1. The second kappa shape index (κ2) is 37.1. The van der Waals surface area contributed by atoms with Crippen LogP contribution in [0.1, 0.15) is 98.6 Å². The molecule has 0 bridgehead atoms. The zero-order valence-electron chi connectivity index (χ0n) is 58.0. The fourth-order valence-corrected chi connectivity index (χ4v) is 13.2. The maximum Gasteiger partial charge on any atom is 0.418 e. The number of benzene rings is 5. The number of nitriles is 1. The number of methoxy groups -OCH3 is 3. The highest BCUT2D eigenvalue weighted by atomic mass is 32.2. The van der Waals surface area contributed by atoms with Crippen molar-refractivity contribution in [3.63, 3.8) is 0 Å². The molecule has 11 rings (SSSR count). The van der Waals surface area contributed by atoms with Crippen LogP contribution in [-0.4, -0.2) is 154 Å². The predicted molar refractivity (Wildman–Crippen MR) is 381 cm³/mol. The van der Waals surface area contributed by atoms with Crippen LogP contribution >= 0.6 is 8.60 Å². The number of hydrogen-bond acceptors (Lipinski definition) is 23. The number of sulfone groups is 1. The number of hydrogen-bond donors (Lipinski definition) is 6. The van der Waals surface area contributed by atoms with Crippen LogP contribution in [0, 0.1) is 18.3 Å². The number of rotatable bonds is 30. The number of nitrogens with one attached hydrogen (secondary N) is 4. The summed E-state index contributed by atoms with van der Waals surface area (Å²) in [6, 6.07) is 40.4. The number of aliphatic carboxylic acids is 1. The number of aromatic nitrogens is 7. The van der Waals surface area contributed by atoms with Gasteiger partial charge in [-0.3, -0.25) is 53.0 Å². The molecule has 2 fully saturated rings. The molecule has 554 valence electrons. The first-order chi connectivity index (χ1) is 50.5. The minimum atomic E-state index is -3.74. The number of Topliss-reactive ketones (excluding diaryl/α,β-unsaturated/α-hetero) is 1. The number of aromatic amines is 2. The van der Waals surface area contributed by atoms with Crippen molar-refractivity contribution in [1.82, 2.24) is 39.0 Å². The molecule has 5 aromatic carbocycles. The Morgan fingerprint density at radius 3 is 1.92 bits per heavy atom. The number of carbonyl (C=O) groups is 5. The fourth-order valence-electron chi connectivity index (χ4n) is 11.4. The molecule has 31 nitrogen and oxygen atoms in total. The maximum absolute atomic E-state index is 13.0. The Bertz CT molecular complexity index is 4770. The van der Waals surface area contributed by atoms with Crippen molar-refractivity contribution in [2.75, 3.05) is 65.4 Å². The SMILES string of the molecule is CC(=O)CCC(=O)O.COc1ccc(C(OCC2CCC(n3cc(C)c(=O)[nH]c3=O)O2)(c2ccccc2)c2ccc(OC)cc2)cc1.COc1ccc(S(=O)(=O)CCOC(=O)n2cc(CC(=O)NCCC(=O)Nc3nc4c(ncn4[C@H]4CC[C@@H](COP(O)OCCC#N)O4)c(=O)[nH]3)c3ccccc32)cc1. The van der Waals surface area contributed by atoms with Gasteiger partial charge in [-0.25, -0.2) is 23.0 Å². The molecular weight excluding hydrogens is 1400 g/mol. The summed E-state index contributed by atoms with van der Waals surface area (Å²) in [5.41, 5.74) is 2.03. The molecule has 2 amide bonds. The molecule has 3 unspecified atom stereocenters. The van der Waals surface area contributed by atoms with E-state index < -0.39 is 84.0 Å². The van der Waals surface area contributed by atoms with Crippen LogP contribution < -0.4 is 41.7 Å². The number of carbonyl (C=O) groups excluding carboxylic acids is 4. The van der Waals surface area contributed by atoms with E-state index >= 15 is 0 Å². The molecule has 0 saturated carbocycles. The van der Waals surface area contributed by atoms with Gasteiger partial charge in [0.25, 0.3) is 11.1 Å². The highest BCUT2D eigenvalue weighted by Gasteiger charge is 2.40. The van der Waals surface area contributed by atoms with Gasteiger partial charge < -0.3 is 62.3 Å². The van der Waals surface area contributed by atoms with Crippen molar-refractivity contribution in [3.8, 4) is 23.3 Å². The molecule has 4 aromatic heterocycles. The molecule has 2 aliphatic rings. The summed E-state index contributed by atoms with van der Waals surface area (Å²) in [6.45, 7) is 2.96. The van der Waals surface area contributed by atoms with Crippen molar-refractivity contribution >= 4 is 76.1 Å². The Kier molecular flexibility index (Phi) is 27.7. The van der Waals surface area contributed by atoms with Crippen LogP contribution in [0.25, 0.3) is 22.1 Å². The Morgan fingerprint density at radius 2 is 1.31 bits per heavy atom. The third-order valence-electron chi connectivity index (χ3n) is 16.8. The normalized spacial score (nSPS) is 15.8. The molecule has 2 saturated heterocycles. The zero-order chi connectivity index (χ0) is 75.2. The summed E-state index contributed by atoms with van der Waals surface area (Å²) in [7, 11) is -1.15. The van der Waals surface area contributed by atoms with Crippen molar-refractivity contribution in [2.24, 2.45) is 0 Å². The van der Waals surface area contributed by atoms with E-state index in [0.29, 0.717) is 53.5 Å². The number of nitrogens with zero attached hydrogens (tertiary/aromatic N) is 6. The molecular formula is C72H79N10O21PS. The lowest BCUT2D eigenvalue weighted by atomic mass is 9.80. The number of amides is 2. The molecule has 33 heteroatoms. The van der Waals surface area contributed by atoms with Gasteiger partial charge in [-0.2, -0.15) is 10.2 Å². The van der Waals surface area contributed by atoms with Crippen molar-refractivity contribution in [3.05, 3.63) is 205 Å². The van der Waals surface area contributed by atoms with Gasteiger partial charge in [0.1, 0.15) is 47.7 Å². The summed E-state index contributed by atoms with van der Waals surface area (Å²) in [5, 5.41) is 22.4. The number of ether oxygens (including phenoxy) is 7. The third-order valence-corrected chi connectivity index (χ3v) is 19.2. The summed E-state index contributed by atoms with van der Waals surface area (Å²) in [6.07, 6.45) is 4.26. The third kappa shape index (κ3) is 20.8. The lowest BCUT2D eigenvalue weighted by Crippen LogP contribution is -2.36. The Morgan fingerprint density at radius 1 is 0.714 bits per heavy atom. The Balaban J connectivity index is 0.000000233. The first kappa shape index (κ1) is 78.4. The smallest absolute Gasteiger partial charge is 0.418 e. The first-order valence-electron chi connectivity index (χ1n) is 33.1. The largest absolute Gasteiger partial charge is 0.497 e. The number of H-pyrrole nitrogens is 2. The Hall–Kier alpha value is -10.8. The van der Waals surface area contributed by atoms with Crippen molar-refractivity contribution in [1.29, 1.82) is 5.26 Å². The summed E-state index contributed by atoms with van der Waals surface area (Å²) >= 11 is 0. The predicted octanol–water partition coefficient (Wildman–Crippen LogP) is 8.06. The van der Waals surface area contributed by atoms with Crippen LogP contribution in [0.2, 0.25) is 0 Å². The van der Waals surface area contributed by atoms with Gasteiger partial charge in [0, 0.05) is 42.7 Å². The minimum absolute atomic E-state index is 0.0330. The Labute approximate surface area is 602 Å². The van der Waals surface area contributed by atoms with E-state index in [1.165, 1.54) is 60.0 Å². The van der Waals surface area contributed by atoms with Crippen molar-refractivity contribution < 1.29 is 84.6 Å². The summed E-state index contributed by atoms with van der Waals surface area (Å²) in [4.78, 5) is 119. The van der Waals surface area contributed by atoms with Crippen LogP contribution in [0.3, 0.4) is 0 Å². The lowest BCUT2D eigenvalue weighted by molar-refractivity contribution is -0.138. The van der Waals surface area contributed by atoms with Gasteiger partial charge >= 0.3 is 26.4 Å². The number of fused-ring (bicyclic) bond motifs is 2. The van der Waals surface area contributed by atoms with Crippen LogP contribution in [0.4, 0.5) is 10.7 Å². The number of anilines is 1. The zero-order valence-corrected chi connectivity index (χ0v) is 59.7.